The van der Waals surface area contributed by atoms with Gasteiger partial charge in [0.25, 0.3) is 0 Å². The van der Waals surface area contributed by atoms with Crippen molar-refractivity contribution in [2.75, 3.05) is 31.6 Å². The Hall–Kier alpha value is -2.64. The molecule has 176 valence electrons. The van der Waals surface area contributed by atoms with Crippen molar-refractivity contribution in [3.8, 4) is 11.4 Å². The number of morpholine rings is 1. The lowest BCUT2D eigenvalue weighted by molar-refractivity contribution is -0.125. The minimum absolute atomic E-state index is 0.0965. The van der Waals surface area contributed by atoms with E-state index in [0.29, 0.717) is 12.0 Å². The van der Waals surface area contributed by atoms with Crippen molar-refractivity contribution in [1.29, 1.82) is 0 Å². The summed E-state index contributed by atoms with van der Waals surface area (Å²) in [6.07, 6.45) is 3.41. The van der Waals surface area contributed by atoms with Gasteiger partial charge in [0.05, 0.1) is 24.4 Å². The molecule has 0 radical (unpaired) electrons. The van der Waals surface area contributed by atoms with Gasteiger partial charge in [-0.3, -0.25) is 14.8 Å². The largest absolute Gasteiger partial charge is 0.376 e. The number of ether oxygens (including phenoxy) is 1. The van der Waals surface area contributed by atoms with E-state index >= 15 is 0 Å². The zero-order valence-electron chi connectivity index (χ0n) is 20.4. The Morgan fingerprint density at radius 1 is 1.33 bits per heavy atom. The minimum Gasteiger partial charge on any atom is -0.376 e. The van der Waals surface area contributed by atoms with E-state index in [2.05, 4.69) is 59.1 Å². The Morgan fingerprint density at radius 2 is 2.15 bits per heavy atom. The summed E-state index contributed by atoms with van der Waals surface area (Å²) in [7, 11) is 1.86. The SMILES string of the molecule is CC1CN(C(C)C(=O)N(C)c2ccc3cc(-c4n[nH]c5c4CCC(C)(C)C5)[nH]c3c2)CCO1. The van der Waals surface area contributed by atoms with Crippen LogP contribution < -0.4 is 4.90 Å². The van der Waals surface area contributed by atoms with Crippen molar-refractivity contribution in [2.45, 2.75) is 59.1 Å². The predicted molar refractivity (Wildman–Crippen MR) is 132 cm³/mol. The Kier molecular flexibility index (Phi) is 5.57. The van der Waals surface area contributed by atoms with Crippen LogP contribution in [-0.4, -0.2) is 64.9 Å². The molecule has 3 heterocycles. The van der Waals surface area contributed by atoms with Gasteiger partial charge in [-0.15, -0.1) is 0 Å². The highest BCUT2D eigenvalue weighted by molar-refractivity contribution is 5.98. The van der Waals surface area contributed by atoms with E-state index < -0.39 is 0 Å². The standard InChI is InChI=1S/C26H35N5O2/c1-16-15-31(10-11-33-16)17(2)25(32)30(5)19-7-6-18-12-22(27-21(18)13-19)24-20-8-9-26(3,4)14-23(20)28-29-24/h6-7,12-13,16-17,27H,8-11,14-15H2,1-5H3,(H,28,29). The summed E-state index contributed by atoms with van der Waals surface area (Å²) < 4.78 is 5.63. The first-order chi connectivity index (χ1) is 15.7. The number of carbonyl (C=O) groups excluding carboxylic acids is 1. The molecule has 2 aliphatic rings. The molecule has 7 nitrogen and oxygen atoms in total. The number of likely N-dealkylation sites (N-methyl/N-ethyl adjacent to an activating group) is 1. The molecule has 2 N–H and O–H groups in total. The van der Waals surface area contributed by atoms with Crippen molar-refractivity contribution >= 4 is 22.5 Å². The van der Waals surface area contributed by atoms with Crippen LogP contribution >= 0.6 is 0 Å². The van der Waals surface area contributed by atoms with Gasteiger partial charge in [0.15, 0.2) is 0 Å². The monoisotopic (exact) mass is 449 g/mol. The van der Waals surface area contributed by atoms with Crippen LogP contribution in [0.2, 0.25) is 0 Å². The molecule has 0 spiro atoms. The number of carbonyl (C=O) groups is 1. The van der Waals surface area contributed by atoms with Gasteiger partial charge in [0.1, 0.15) is 5.69 Å². The van der Waals surface area contributed by atoms with Crippen molar-refractivity contribution < 1.29 is 9.53 Å². The molecule has 2 unspecified atom stereocenters. The topological polar surface area (TPSA) is 77.3 Å². The molecule has 0 bridgehead atoms. The first-order valence-electron chi connectivity index (χ1n) is 12.0. The fourth-order valence-electron chi connectivity index (χ4n) is 5.28. The maximum absolute atomic E-state index is 13.2. The molecule has 1 amide bonds. The highest BCUT2D eigenvalue weighted by atomic mass is 16.5. The van der Waals surface area contributed by atoms with Crippen molar-refractivity contribution in [1.82, 2.24) is 20.1 Å². The van der Waals surface area contributed by atoms with Gasteiger partial charge in [-0.2, -0.15) is 5.10 Å². The third-order valence-corrected chi connectivity index (χ3v) is 7.42. The van der Waals surface area contributed by atoms with Gasteiger partial charge in [-0.25, -0.2) is 0 Å². The molecule has 3 aromatic rings. The Morgan fingerprint density at radius 3 is 2.94 bits per heavy atom. The lowest BCUT2D eigenvalue weighted by Gasteiger charge is -2.36. The molecule has 2 aromatic heterocycles. The molecule has 5 rings (SSSR count). The minimum atomic E-state index is -0.184. The Labute approximate surface area is 195 Å². The second-order valence-electron chi connectivity index (χ2n) is 10.6. The third-order valence-electron chi connectivity index (χ3n) is 7.42. The summed E-state index contributed by atoms with van der Waals surface area (Å²) in [4.78, 5) is 20.7. The van der Waals surface area contributed by atoms with Crippen molar-refractivity contribution in [3.63, 3.8) is 0 Å². The highest BCUT2D eigenvalue weighted by Crippen LogP contribution is 2.38. The molecule has 33 heavy (non-hydrogen) atoms. The van der Waals surface area contributed by atoms with E-state index in [1.807, 2.05) is 20.0 Å². The molecular formula is C26H35N5O2. The number of rotatable bonds is 4. The van der Waals surface area contributed by atoms with E-state index in [1.165, 1.54) is 17.7 Å². The third kappa shape index (κ3) is 4.20. The second-order valence-corrected chi connectivity index (χ2v) is 10.6. The average molecular weight is 450 g/mol. The number of fused-ring (bicyclic) bond motifs is 2. The molecule has 0 saturated carbocycles. The van der Waals surface area contributed by atoms with E-state index in [0.717, 1.165) is 53.9 Å². The normalized spacial score (nSPS) is 21.7. The highest BCUT2D eigenvalue weighted by Gasteiger charge is 2.30. The lowest BCUT2D eigenvalue weighted by atomic mass is 9.76. The van der Waals surface area contributed by atoms with E-state index in [1.54, 1.807) is 4.90 Å². The molecule has 1 aliphatic heterocycles. The molecule has 2 atom stereocenters. The molecular weight excluding hydrogens is 414 g/mol. The molecule has 1 aromatic carbocycles. The van der Waals surface area contributed by atoms with Gasteiger partial charge in [-0.05, 0) is 56.7 Å². The van der Waals surface area contributed by atoms with E-state index in [-0.39, 0.29) is 18.1 Å². The van der Waals surface area contributed by atoms with Gasteiger partial charge in [0.2, 0.25) is 5.91 Å². The maximum atomic E-state index is 13.2. The maximum Gasteiger partial charge on any atom is 0.243 e. The van der Waals surface area contributed by atoms with Crippen LogP contribution in [0.25, 0.3) is 22.3 Å². The van der Waals surface area contributed by atoms with Gasteiger partial charge < -0.3 is 14.6 Å². The summed E-state index contributed by atoms with van der Waals surface area (Å²) in [5, 5.41) is 9.06. The van der Waals surface area contributed by atoms with E-state index in [9.17, 15) is 4.79 Å². The molecule has 1 aliphatic carbocycles. The van der Waals surface area contributed by atoms with Crippen molar-refractivity contribution in [3.05, 3.63) is 35.5 Å². The quantitative estimate of drug-likeness (QED) is 0.627. The number of hydrogen-bond donors (Lipinski definition) is 2. The van der Waals surface area contributed by atoms with Crippen LogP contribution in [0.3, 0.4) is 0 Å². The smallest absolute Gasteiger partial charge is 0.243 e. The number of hydrogen-bond acceptors (Lipinski definition) is 4. The fraction of sp³-hybridized carbons (Fsp3) is 0.538. The Balaban J connectivity index is 1.38. The number of amides is 1. The number of nitrogens with one attached hydrogen (secondary N) is 2. The van der Waals surface area contributed by atoms with Crippen LogP contribution in [-0.2, 0) is 22.4 Å². The summed E-state index contributed by atoms with van der Waals surface area (Å²) in [6.45, 7) is 10.9. The average Bonchev–Trinajstić information content (AvgIpc) is 3.39. The number of aromatic amines is 2. The van der Waals surface area contributed by atoms with Crippen LogP contribution in [0.15, 0.2) is 24.3 Å². The van der Waals surface area contributed by atoms with Crippen LogP contribution in [0, 0.1) is 5.41 Å². The first kappa shape index (κ1) is 22.2. The number of nitrogens with zero attached hydrogens (tertiary/aromatic N) is 3. The molecule has 7 heteroatoms. The van der Waals surface area contributed by atoms with E-state index in [4.69, 9.17) is 4.74 Å². The summed E-state index contributed by atoms with van der Waals surface area (Å²) in [5.41, 5.74) is 6.88. The predicted octanol–water partition coefficient (Wildman–Crippen LogP) is 4.14. The number of anilines is 1. The summed E-state index contributed by atoms with van der Waals surface area (Å²) >= 11 is 0. The number of H-pyrrole nitrogens is 2. The zero-order chi connectivity index (χ0) is 23.3. The lowest BCUT2D eigenvalue weighted by Crippen LogP contribution is -2.52. The zero-order valence-corrected chi connectivity index (χ0v) is 20.4. The van der Waals surface area contributed by atoms with Crippen LogP contribution in [0.1, 0.15) is 45.4 Å². The fourth-order valence-corrected chi connectivity index (χ4v) is 5.28. The van der Waals surface area contributed by atoms with Gasteiger partial charge in [0, 0.05) is 48.0 Å². The molecule has 1 fully saturated rings. The summed E-state index contributed by atoms with van der Waals surface area (Å²) in [5.74, 6) is 0.0965. The van der Waals surface area contributed by atoms with Gasteiger partial charge >= 0.3 is 0 Å². The van der Waals surface area contributed by atoms with Crippen molar-refractivity contribution in [2.24, 2.45) is 5.41 Å². The summed E-state index contributed by atoms with van der Waals surface area (Å²) in [6, 6.07) is 8.14. The van der Waals surface area contributed by atoms with Crippen LogP contribution in [0.4, 0.5) is 5.69 Å². The first-order valence-corrected chi connectivity index (χ1v) is 12.0. The Bertz CT molecular complexity index is 1180. The molecule has 1 saturated heterocycles. The number of benzene rings is 1. The van der Waals surface area contributed by atoms with Gasteiger partial charge in [-0.1, -0.05) is 19.9 Å². The number of aromatic nitrogens is 3. The second kappa shape index (κ2) is 8.29. The van der Waals surface area contributed by atoms with Crippen LogP contribution in [0.5, 0.6) is 0 Å².